The van der Waals surface area contributed by atoms with E-state index in [1.165, 1.54) is 167 Å². The van der Waals surface area contributed by atoms with Crippen LogP contribution >= 0.6 is 0 Å². The molecule has 7 nitrogen and oxygen atoms in total. The molecular formula is C36H82ClN3O4. The van der Waals surface area contributed by atoms with E-state index in [4.69, 9.17) is 0 Å². The highest BCUT2D eigenvalue weighted by atomic mass is 35.5. The third kappa shape index (κ3) is 60.3. The van der Waals surface area contributed by atoms with Crippen LogP contribution in [0.15, 0.2) is 0 Å². The number of hydrogen-bond acceptors (Lipinski definition) is 4. The Hall–Kier alpha value is -0.890. The molecule has 0 rings (SSSR count). The fourth-order valence-electron chi connectivity index (χ4n) is 5.28. The first-order chi connectivity index (χ1) is 19.5. The SMILES string of the molecule is CCCCCCCCCCCCCCCCCC(=O)[O-].CCCCCCCCCCCCCCCCCC(=O)[O-].[Cl-].[NH4+].[NH4+].[NH4+]. The minimum absolute atomic E-state index is 0. The minimum atomic E-state index is -0.903. The quantitative estimate of drug-likeness (QED) is 0.0617. The molecule has 272 valence electrons. The van der Waals surface area contributed by atoms with Crippen molar-refractivity contribution in [2.45, 2.75) is 219 Å². The number of aliphatic carboxylic acids is 2. The lowest BCUT2D eigenvalue weighted by atomic mass is 10.0. The van der Waals surface area contributed by atoms with Crippen molar-refractivity contribution in [1.29, 1.82) is 0 Å². The molecular weight excluding hydrogens is 574 g/mol. The molecule has 0 atom stereocenters. The minimum Gasteiger partial charge on any atom is -1.00 e. The summed E-state index contributed by atoms with van der Waals surface area (Å²) in [6.45, 7) is 4.53. The van der Waals surface area contributed by atoms with Crippen molar-refractivity contribution in [3.8, 4) is 0 Å². The van der Waals surface area contributed by atoms with Gasteiger partial charge in [0.1, 0.15) is 0 Å². The first kappa shape index (κ1) is 55.5. The van der Waals surface area contributed by atoms with E-state index < -0.39 is 11.9 Å². The Morgan fingerprint density at radius 2 is 0.455 bits per heavy atom. The second kappa shape index (κ2) is 51.7. The van der Waals surface area contributed by atoms with Crippen molar-refractivity contribution in [3.63, 3.8) is 0 Å². The Morgan fingerprint density at radius 3 is 0.591 bits per heavy atom. The van der Waals surface area contributed by atoms with Gasteiger partial charge in [0, 0.05) is 11.9 Å². The van der Waals surface area contributed by atoms with Crippen LogP contribution in [0.1, 0.15) is 219 Å². The molecule has 0 heterocycles. The highest BCUT2D eigenvalue weighted by molar-refractivity contribution is 5.64. The van der Waals surface area contributed by atoms with E-state index in [1.54, 1.807) is 0 Å². The topological polar surface area (TPSA) is 190 Å². The molecule has 0 saturated heterocycles. The highest BCUT2D eigenvalue weighted by Gasteiger charge is 1.96. The number of hydrogen-bond donors (Lipinski definition) is 3. The van der Waals surface area contributed by atoms with Crippen molar-refractivity contribution in [1.82, 2.24) is 18.5 Å². The maximum Gasteiger partial charge on any atom is 0.0414 e. The zero-order valence-corrected chi connectivity index (χ0v) is 31.4. The van der Waals surface area contributed by atoms with Crippen molar-refractivity contribution in [2.75, 3.05) is 0 Å². The molecule has 0 aliphatic carbocycles. The third-order valence-corrected chi connectivity index (χ3v) is 7.97. The number of carbonyl (C=O) groups excluding carboxylic acids is 2. The average Bonchev–Trinajstić information content (AvgIpc) is 2.93. The van der Waals surface area contributed by atoms with E-state index in [0.717, 1.165) is 25.7 Å². The Balaban J connectivity index is -0.000000150. The Kier molecular flexibility index (Phi) is 65.2. The molecule has 8 heteroatoms. The van der Waals surface area contributed by atoms with Gasteiger partial charge in [-0.1, -0.05) is 194 Å². The number of carboxylic acid groups (broad SMARTS) is 2. The van der Waals surface area contributed by atoms with Crippen molar-refractivity contribution < 1.29 is 32.2 Å². The summed E-state index contributed by atoms with van der Waals surface area (Å²) >= 11 is 0. The largest absolute Gasteiger partial charge is 1.00 e. The Morgan fingerprint density at radius 1 is 0.318 bits per heavy atom. The van der Waals surface area contributed by atoms with Crippen LogP contribution < -0.4 is 41.1 Å². The summed E-state index contributed by atoms with van der Waals surface area (Å²) in [7, 11) is 0. The van der Waals surface area contributed by atoms with Gasteiger partial charge in [-0.15, -0.1) is 0 Å². The molecule has 0 aliphatic heterocycles. The van der Waals surface area contributed by atoms with Gasteiger partial charge >= 0.3 is 0 Å². The summed E-state index contributed by atoms with van der Waals surface area (Å²) in [6, 6.07) is 0. The predicted molar refractivity (Wildman–Crippen MR) is 187 cm³/mol. The van der Waals surface area contributed by atoms with Crippen LogP contribution in [0.5, 0.6) is 0 Å². The smallest absolute Gasteiger partial charge is 0.0414 e. The van der Waals surface area contributed by atoms with Gasteiger partial charge in [-0.2, -0.15) is 0 Å². The van der Waals surface area contributed by atoms with E-state index in [1.807, 2.05) is 0 Å². The molecule has 0 aromatic heterocycles. The first-order valence-corrected chi connectivity index (χ1v) is 17.9. The van der Waals surface area contributed by atoms with Gasteiger partial charge in [0.05, 0.1) is 0 Å². The molecule has 0 aliphatic rings. The second-order valence-corrected chi connectivity index (χ2v) is 12.1. The summed E-state index contributed by atoms with van der Waals surface area (Å²) in [5, 5.41) is 20.4. The van der Waals surface area contributed by atoms with Crippen LogP contribution in [0.25, 0.3) is 0 Å². The van der Waals surface area contributed by atoms with Crippen molar-refractivity contribution in [2.24, 2.45) is 0 Å². The lowest BCUT2D eigenvalue weighted by Gasteiger charge is -2.04. The highest BCUT2D eigenvalue weighted by Crippen LogP contribution is 2.15. The number of carboxylic acids is 2. The second-order valence-electron chi connectivity index (χ2n) is 12.1. The first-order valence-electron chi connectivity index (χ1n) is 17.9. The molecule has 0 unspecified atom stereocenters. The number of unbranched alkanes of at least 4 members (excludes halogenated alkanes) is 28. The third-order valence-electron chi connectivity index (χ3n) is 7.97. The van der Waals surface area contributed by atoms with E-state index in [0.29, 0.717) is 0 Å². The molecule has 0 saturated carbocycles. The summed E-state index contributed by atoms with van der Waals surface area (Å²) in [6.07, 6.45) is 39.7. The lowest BCUT2D eigenvalue weighted by molar-refractivity contribution is -0.307. The van der Waals surface area contributed by atoms with Crippen molar-refractivity contribution in [3.05, 3.63) is 0 Å². The molecule has 0 fully saturated rings. The van der Waals surface area contributed by atoms with Gasteiger partial charge in [0.25, 0.3) is 0 Å². The molecule has 0 amide bonds. The van der Waals surface area contributed by atoms with Gasteiger partial charge in [0.2, 0.25) is 0 Å². The van der Waals surface area contributed by atoms with Gasteiger partial charge < -0.3 is 50.7 Å². The van der Waals surface area contributed by atoms with Crippen LogP contribution in [0.4, 0.5) is 0 Å². The van der Waals surface area contributed by atoms with Gasteiger partial charge in [-0.05, 0) is 25.7 Å². The van der Waals surface area contributed by atoms with Crippen LogP contribution in [-0.4, -0.2) is 11.9 Å². The standard InChI is InChI=1S/2C18H36O2.ClH.3H3N/c2*1-2-3-4-5-6-7-8-9-10-11-12-13-14-15-16-17-18(19)20;;;;/h2*2-17H2,1H3,(H,19,20);1H;3*1H3. The maximum atomic E-state index is 10.2. The number of halogens is 1. The van der Waals surface area contributed by atoms with Gasteiger partial charge in [-0.25, -0.2) is 0 Å². The van der Waals surface area contributed by atoms with Crippen LogP contribution in [-0.2, 0) is 9.59 Å². The molecule has 0 radical (unpaired) electrons. The average molecular weight is 657 g/mol. The molecule has 44 heavy (non-hydrogen) atoms. The molecule has 0 spiro atoms. The van der Waals surface area contributed by atoms with E-state index in [2.05, 4.69) is 13.8 Å². The van der Waals surface area contributed by atoms with E-state index >= 15 is 0 Å². The number of quaternary nitrogens is 3. The zero-order valence-electron chi connectivity index (χ0n) is 30.6. The van der Waals surface area contributed by atoms with E-state index in [-0.39, 0.29) is 43.7 Å². The van der Waals surface area contributed by atoms with E-state index in [9.17, 15) is 19.8 Å². The normalized spacial score (nSPS) is 9.86. The predicted octanol–water partition coefficient (Wildman–Crippen LogP) is 8.13. The maximum absolute atomic E-state index is 10.2. The van der Waals surface area contributed by atoms with Gasteiger partial charge in [0.15, 0.2) is 0 Å². The summed E-state index contributed by atoms with van der Waals surface area (Å²) in [4.78, 5) is 20.4. The Labute approximate surface area is 281 Å². The number of rotatable bonds is 32. The monoisotopic (exact) mass is 656 g/mol. The van der Waals surface area contributed by atoms with Crippen LogP contribution in [0, 0.1) is 0 Å². The van der Waals surface area contributed by atoms with Crippen molar-refractivity contribution >= 4 is 11.9 Å². The number of carbonyl (C=O) groups is 2. The summed E-state index contributed by atoms with van der Waals surface area (Å²) in [5.41, 5.74) is 0. The van der Waals surface area contributed by atoms with Crippen LogP contribution in [0.2, 0.25) is 0 Å². The lowest BCUT2D eigenvalue weighted by Crippen LogP contribution is -3.00. The van der Waals surface area contributed by atoms with Gasteiger partial charge in [-0.3, -0.25) is 0 Å². The molecule has 0 aromatic rings. The molecule has 12 N–H and O–H groups in total. The fourth-order valence-corrected chi connectivity index (χ4v) is 5.28. The fraction of sp³-hybridized carbons (Fsp3) is 0.944. The van der Waals surface area contributed by atoms with Crippen LogP contribution in [0.3, 0.4) is 0 Å². The summed E-state index contributed by atoms with van der Waals surface area (Å²) < 4.78 is 0. The molecule has 0 bridgehead atoms. The molecule has 0 aromatic carbocycles. The zero-order chi connectivity index (χ0) is 29.8. The summed E-state index contributed by atoms with van der Waals surface area (Å²) in [5.74, 6) is -1.81. The Bertz CT molecular complexity index is 470.